The minimum absolute atomic E-state index is 0.0993. The maximum atomic E-state index is 12.9. The molecule has 5 nitrogen and oxygen atoms in total. The van der Waals surface area contributed by atoms with Gasteiger partial charge in [0, 0.05) is 30.5 Å². The van der Waals surface area contributed by atoms with Gasteiger partial charge in [-0.25, -0.2) is 0 Å². The molecule has 0 N–H and O–H groups in total. The monoisotopic (exact) mass is 373 g/mol. The van der Waals surface area contributed by atoms with Gasteiger partial charge in [0.15, 0.2) is 0 Å². The Hall–Kier alpha value is -2.95. The van der Waals surface area contributed by atoms with Crippen molar-refractivity contribution in [3.05, 3.63) is 71.9 Å². The van der Waals surface area contributed by atoms with Crippen LogP contribution in [0.2, 0.25) is 0 Å². The minimum atomic E-state index is 0.0993. The number of carbonyl (C=O) groups excluding carboxylic acids is 1. The number of amides is 1. The number of likely N-dealkylation sites (tertiary alicyclic amines) is 1. The van der Waals surface area contributed by atoms with Gasteiger partial charge in [-0.2, -0.15) is 0 Å². The topological polar surface area (TPSA) is 59.2 Å². The van der Waals surface area contributed by atoms with Gasteiger partial charge in [0.05, 0.1) is 0 Å². The van der Waals surface area contributed by atoms with Crippen molar-refractivity contribution < 1.29 is 9.21 Å². The fraction of sp³-hybridized carbons (Fsp3) is 0.348. The molecule has 142 valence electrons. The number of hydrogen-bond donors (Lipinski definition) is 0. The van der Waals surface area contributed by atoms with Crippen molar-refractivity contribution in [2.24, 2.45) is 0 Å². The van der Waals surface area contributed by atoms with Gasteiger partial charge in [0.2, 0.25) is 11.8 Å². The van der Waals surface area contributed by atoms with Crippen molar-refractivity contribution in [2.75, 3.05) is 13.1 Å². The summed E-state index contributed by atoms with van der Waals surface area (Å²) in [5.74, 6) is 2.40. The molecule has 0 bridgehead atoms. The van der Waals surface area contributed by atoms with E-state index in [1.165, 1.54) is 0 Å². The Kier molecular flexibility index (Phi) is 4.43. The van der Waals surface area contributed by atoms with Gasteiger partial charge in [-0.15, -0.1) is 10.2 Å². The summed E-state index contributed by atoms with van der Waals surface area (Å²) in [6, 6.07) is 18.1. The average molecular weight is 373 g/mol. The molecule has 1 saturated carbocycles. The lowest BCUT2D eigenvalue weighted by Gasteiger charge is -2.30. The van der Waals surface area contributed by atoms with Crippen LogP contribution in [0, 0.1) is 0 Å². The maximum absolute atomic E-state index is 12.9. The predicted molar refractivity (Wildman–Crippen MR) is 106 cm³/mol. The first-order valence-electron chi connectivity index (χ1n) is 10.1. The van der Waals surface area contributed by atoms with Crippen LogP contribution in [0.4, 0.5) is 0 Å². The molecule has 0 radical (unpaired) electrons. The van der Waals surface area contributed by atoms with Crippen LogP contribution in [0.3, 0.4) is 0 Å². The molecule has 0 spiro atoms. The summed E-state index contributed by atoms with van der Waals surface area (Å²) in [7, 11) is 0. The first-order chi connectivity index (χ1) is 13.8. The highest BCUT2D eigenvalue weighted by Crippen LogP contribution is 2.40. The molecule has 5 heteroatoms. The molecule has 1 aliphatic carbocycles. The Morgan fingerprint density at radius 1 is 0.786 bits per heavy atom. The van der Waals surface area contributed by atoms with E-state index in [9.17, 15) is 4.79 Å². The molecule has 3 aromatic rings. The zero-order valence-corrected chi connectivity index (χ0v) is 15.8. The Morgan fingerprint density at radius 3 is 1.96 bits per heavy atom. The number of nitrogens with zero attached hydrogens (tertiary/aromatic N) is 3. The fourth-order valence-electron chi connectivity index (χ4n) is 3.85. The van der Waals surface area contributed by atoms with Crippen molar-refractivity contribution >= 4 is 5.91 Å². The zero-order valence-electron chi connectivity index (χ0n) is 15.8. The van der Waals surface area contributed by atoms with Crippen LogP contribution in [0.5, 0.6) is 0 Å². The first-order valence-corrected chi connectivity index (χ1v) is 10.1. The fourth-order valence-corrected chi connectivity index (χ4v) is 3.85. The van der Waals surface area contributed by atoms with Crippen LogP contribution in [0.25, 0.3) is 11.1 Å². The number of carbonyl (C=O) groups is 1. The van der Waals surface area contributed by atoms with E-state index < -0.39 is 0 Å². The summed E-state index contributed by atoms with van der Waals surface area (Å²) < 4.78 is 5.86. The minimum Gasteiger partial charge on any atom is -0.425 e. The maximum Gasteiger partial charge on any atom is 0.253 e. The first kappa shape index (κ1) is 17.2. The summed E-state index contributed by atoms with van der Waals surface area (Å²) in [5.41, 5.74) is 3.03. The smallest absolute Gasteiger partial charge is 0.253 e. The molecule has 2 fully saturated rings. The quantitative estimate of drug-likeness (QED) is 0.669. The summed E-state index contributed by atoms with van der Waals surface area (Å²) in [5, 5.41) is 8.44. The van der Waals surface area contributed by atoms with Crippen molar-refractivity contribution in [3.63, 3.8) is 0 Å². The van der Waals surface area contributed by atoms with Gasteiger partial charge in [-0.3, -0.25) is 4.79 Å². The molecular weight excluding hydrogens is 350 g/mol. The van der Waals surface area contributed by atoms with Crippen LogP contribution in [-0.2, 0) is 0 Å². The second-order valence-corrected chi connectivity index (χ2v) is 7.76. The van der Waals surface area contributed by atoms with Crippen molar-refractivity contribution in [1.82, 2.24) is 15.1 Å². The normalized spacial score (nSPS) is 17.6. The molecule has 2 aromatic carbocycles. The van der Waals surface area contributed by atoms with Crippen molar-refractivity contribution in [2.45, 2.75) is 37.5 Å². The van der Waals surface area contributed by atoms with Gasteiger partial charge in [-0.1, -0.05) is 42.5 Å². The number of benzene rings is 2. The molecule has 28 heavy (non-hydrogen) atoms. The molecule has 1 aromatic heterocycles. The van der Waals surface area contributed by atoms with E-state index in [1.54, 1.807) is 0 Å². The lowest BCUT2D eigenvalue weighted by atomic mass is 9.96. The Labute approximate surface area is 164 Å². The largest absolute Gasteiger partial charge is 0.425 e. The van der Waals surface area contributed by atoms with Crippen molar-refractivity contribution in [3.8, 4) is 11.1 Å². The number of rotatable bonds is 4. The SMILES string of the molecule is O=C(c1ccc(-c2ccccc2)cc1)N1CCC(c2nnc(C3CC3)o2)CC1. The van der Waals surface area contributed by atoms with E-state index >= 15 is 0 Å². The third kappa shape index (κ3) is 3.44. The van der Waals surface area contributed by atoms with Gasteiger partial charge < -0.3 is 9.32 Å². The van der Waals surface area contributed by atoms with Gasteiger partial charge >= 0.3 is 0 Å². The Morgan fingerprint density at radius 2 is 1.36 bits per heavy atom. The molecule has 1 aliphatic heterocycles. The lowest BCUT2D eigenvalue weighted by Crippen LogP contribution is -2.38. The van der Waals surface area contributed by atoms with Gasteiger partial charge in [0.1, 0.15) is 0 Å². The van der Waals surface area contributed by atoms with E-state index in [1.807, 2.05) is 47.4 Å². The molecule has 1 saturated heterocycles. The molecule has 2 aliphatic rings. The second-order valence-electron chi connectivity index (χ2n) is 7.76. The molecule has 2 heterocycles. The van der Waals surface area contributed by atoms with Crippen LogP contribution >= 0.6 is 0 Å². The van der Waals surface area contributed by atoms with Crippen LogP contribution in [0.1, 0.15) is 59.7 Å². The zero-order chi connectivity index (χ0) is 18.9. The third-order valence-electron chi connectivity index (χ3n) is 5.75. The Bertz CT molecular complexity index is 953. The molecule has 0 atom stereocenters. The predicted octanol–water partition coefficient (Wildman–Crippen LogP) is 4.63. The van der Waals surface area contributed by atoms with Crippen LogP contribution < -0.4 is 0 Å². The highest BCUT2D eigenvalue weighted by atomic mass is 16.4. The average Bonchev–Trinajstić information content (AvgIpc) is 3.51. The highest BCUT2D eigenvalue weighted by molar-refractivity contribution is 5.94. The standard InChI is InChI=1S/C23H23N3O2/c27-23(20-10-6-17(7-11-20)16-4-2-1-3-5-16)26-14-12-19(13-15-26)22-25-24-21(28-22)18-8-9-18/h1-7,10-11,18-19H,8-9,12-15H2. The Balaban J connectivity index is 1.21. The van der Waals surface area contributed by atoms with E-state index in [4.69, 9.17) is 4.42 Å². The van der Waals surface area contributed by atoms with E-state index in [0.717, 1.165) is 67.2 Å². The van der Waals surface area contributed by atoms with Gasteiger partial charge in [0.25, 0.3) is 5.91 Å². The summed E-state index contributed by atoms with van der Waals surface area (Å²) >= 11 is 0. The summed E-state index contributed by atoms with van der Waals surface area (Å²) in [6.45, 7) is 1.45. The van der Waals surface area contributed by atoms with E-state index in [2.05, 4.69) is 22.3 Å². The van der Waals surface area contributed by atoms with E-state index in [-0.39, 0.29) is 11.8 Å². The number of aromatic nitrogens is 2. The van der Waals surface area contributed by atoms with Crippen molar-refractivity contribution in [1.29, 1.82) is 0 Å². The van der Waals surface area contributed by atoms with Gasteiger partial charge in [-0.05, 0) is 48.9 Å². The third-order valence-corrected chi connectivity index (χ3v) is 5.75. The second kappa shape index (κ2) is 7.23. The molecule has 5 rings (SSSR count). The molecule has 1 amide bonds. The summed E-state index contributed by atoms with van der Waals surface area (Å²) in [6.07, 6.45) is 4.08. The number of hydrogen-bond acceptors (Lipinski definition) is 4. The van der Waals surface area contributed by atoms with Crippen LogP contribution in [0.15, 0.2) is 59.0 Å². The molecular formula is C23H23N3O2. The van der Waals surface area contributed by atoms with Crippen LogP contribution in [-0.4, -0.2) is 34.1 Å². The highest BCUT2D eigenvalue weighted by Gasteiger charge is 2.32. The lowest BCUT2D eigenvalue weighted by molar-refractivity contribution is 0.0706. The number of piperidine rings is 1. The summed E-state index contributed by atoms with van der Waals surface area (Å²) in [4.78, 5) is 14.8. The van der Waals surface area contributed by atoms with E-state index in [0.29, 0.717) is 5.92 Å². The molecule has 0 unspecified atom stereocenters.